The molecular weight excluding hydrogens is 200 g/mol. The lowest BCUT2D eigenvalue weighted by Crippen LogP contribution is -2.44. The van der Waals surface area contributed by atoms with Crippen molar-refractivity contribution in [3.8, 4) is 0 Å². The van der Waals surface area contributed by atoms with Gasteiger partial charge in [0.2, 0.25) is 0 Å². The van der Waals surface area contributed by atoms with Crippen LogP contribution in [0.2, 0.25) is 0 Å². The second-order valence-corrected chi connectivity index (χ2v) is 4.95. The minimum absolute atomic E-state index is 0.182. The van der Waals surface area contributed by atoms with Crippen molar-refractivity contribution in [3.05, 3.63) is 0 Å². The number of rotatable bonds is 7. The van der Waals surface area contributed by atoms with E-state index in [-0.39, 0.29) is 6.10 Å². The Morgan fingerprint density at radius 2 is 2.06 bits per heavy atom. The molecule has 2 atom stereocenters. The third kappa shape index (κ3) is 4.81. The van der Waals surface area contributed by atoms with Crippen LogP contribution in [0, 0.1) is 5.92 Å². The summed E-state index contributed by atoms with van der Waals surface area (Å²) >= 11 is 0. The minimum Gasteiger partial charge on any atom is -0.392 e. The Labute approximate surface area is 100 Å². The molecule has 1 rings (SSSR count). The highest BCUT2D eigenvalue weighted by Gasteiger charge is 2.16. The van der Waals surface area contributed by atoms with Gasteiger partial charge in [0.1, 0.15) is 0 Å². The number of aliphatic hydroxyl groups is 1. The molecule has 0 amide bonds. The van der Waals surface area contributed by atoms with Crippen LogP contribution in [0.3, 0.4) is 0 Å². The second kappa shape index (κ2) is 8.04. The molecule has 3 heteroatoms. The molecule has 16 heavy (non-hydrogen) atoms. The van der Waals surface area contributed by atoms with Gasteiger partial charge < -0.3 is 15.7 Å². The third-order valence-corrected chi connectivity index (χ3v) is 3.75. The van der Waals surface area contributed by atoms with Crippen molar-refractivity contribution in [3.63, 3.8) is 0 Å². The predicted octanol–water partition coefficient (Wildman–Crippen LogP) is 1.52. The lowest BCUT2D eigenvalue weighted by molar-refractivity contribution is 0.101. The van der Waals surface area contributed by atoms with E-state index < -0.39 is 0 Å². The highest BCUT2D eigenvalue weighted by atomic mass is 16.3. The quantitative estimate of drug-likeness (QED) is 0.619. The number of piperidine rings is 1. The van der Waals surface area contributed by atoms with Crippen LogP contribution in [0.25, 0.3) is 0 Å². The number of hydrogen-bond acceptors (Lipinski definition) is 3. The summed E-state index contributed by atoms with van der Waals surface area (Å²) in [6, 6.07) is 0.614. The molecule has 1 saturated heterocycles. The van der Waals surface area contributed by atoms with Gasteiger partial charge in [-0.25, -0.2) is 0 Å². The van der Waals surface area contributed by atoms with Gasteiger partial charge in [-0.15, -0.1) is 0 Å². The Morgan fingerprint density at radius 3 is 2.62 bits per heavy atom. The van der Waals surface area contributed by atoms with E-state index in [1.807, 2.05) is 0 Å². The molecule has 3 nitrogen and oxygen atoms in total. The third-order valence-electron chi connectivity index (χ3n) is 3.75. The molecule has 0 spiro atoms. The maximum Gasteiger partial charge on any atom is 0.0692 e. The van der Waals surface area contributed by atoms with Crippen molar-refractivity contribution >= 4 is 0 Å². The normalized spacial score (nSPS) is 23.6. The van der Waals surface area contributed by atoms with Gasteiger partial charge in [0, 0.05) is 19.1 Å². The Balaban J connectivity index is 2.09. The van der Waals surface area contributed by atoms with Crippen LogP contribution >= 0.6 is 0 Å². The summed E-state index contributed by atoms with van der Waals surface area (Å²) in [5.74, 6) is 0.451. The summed E-state index contributed by atoms with van der Waals surface area (Å²) < 4.78 is 0. The lowest BCUT2D eigenvalue weighted by atomic mass is 9.96. The number of aliphatic hydroxyl groups excluding tert-OH is 1. The first-order valence-electron chi connectivity index (χ1n) is 6.90. The summed E-state index contributed by atoms with van der Waals surface area (Å²) in [6.07, 6.45) is 5.89. The van der Waals surface area contributed by atoms with Crippen molar-refractivity contribution in [1.29, 1.82) is 0 Å². The second-order valence-electron chi connectivity index (χ2n) is 4.95. The van der Waals surface area contributed by atoms with Gasteiger partial charge in [-0.3, -0.25) is 0 Å². The Bertz CT molecular complexity index is 165. The van der Waals surface area contributed by atoms with E-state index in [1.165, 1.54) is 19.3 Å². The molecule has 0 saturated carbocycles. The molecule has 1 heterocycles. The van der Waals surface area contributed by atoms with E-state index in [1.54, 1.807) is 0 Å². The fourth-order valence-electron chi connectivity index (χ4n) is 2.50. The van der Waals surface area contributed by atoms with Gasteiger partial charge in [-0.1, -0.05) is 33.1 Å². The van der Waals surface area contributed by atoms with Crippen molar-refractivity contribution < 1.29 is 5.11 Å². The Hall–Kier alpha value is -0.120. The zero-order valence-electron chi connectivity index (χ0n) is 10.8. The average Bonchev–Trinajstić information content (AvgIpc) is 2.32. The first kappa shape index (κ1) is 13.9. The summed E-state index contributed by atoms with van der Waals surface area (Å²) in [5.41, 5.74) is 0. The van der Waals surface area contributed by atoms with E-state index in [0.717, 1.165) is 32.5 Å². The summed E-state index contributed by atoms with van der Waals surface area (Å²) in [4.78, 5) is 0. The fraction of sp³-hybridized carbons (Fsp3) is 1.00. The topological polar surface area (TPSA) is 44.3 Å². The van der Waals surface area contributed by atoms with Gasteiger partial charge in [0.25, 0.3) is 0 Å². The molecule has 0 radical (unpaired) electrons. The highest BCUT2D eigenvalue weighted by molar-refractivity contribution is 4.76. The number of hydrogen-bond donors (Lipinski definition) is 3. The monoisotopic (exact) mass is 228 g/mol. The largest absolute Gasteiger partial charge is 0.392 e. The Morgan fingerprint density at radius 1 is 1.31 bits per heavy atom. The van der Waals surface area contributed by atoms with Crippen LogP contribution in [0.15, 0.2) is 0 Å². The smallest absolute Gasteiger partial charge is 0.0692 e. The molecule has 1 aliphatic rings. The zero-order chi connectivity index (χ0) is 11.8. The van der Waals surface area contributed by atoms with Gasteiger partial charge in [0.15, 0.2) is 0 Å². The van der Waals surface area contributed by atoms with Crippen LogP contribution in [-0.2, 0) is 0 Å². The Kier molecular flexibility index (Phi) is 7.01. The van der Waals surface area contributed by atoms with Crippen LogP contribution in [0.1, 0.15) is 46.0 Å². The molecule has 1 fully saturated rings. The molecule has 2 unspecified atom stereocenters. The van der Waals surface area contributed by atoms with Crippen LogP contribution in [0.4, 0.5) is 0 Å². The summed E-state index contributed by atoms with van der Waals surface area (Å²) in [6.45, 7) is 7.20. The van der Waals surface area contributed by atoms with Crippen LogP contribution in [0.5, 0.6) is 0 Å². The van der Waals surface area contributed by atoms with Crippen LogP contribution in [-0.4, -0.2) is 36.9 Å². The molecule has 1 aliphatic heterocycles. The molecule has 0 aromatic carbocycles. The SMILES string of the molecule is CCC(CC)C(O)CNCC1CCCCN1. The lowest BCUT2D eigenvalue weighted by Gasteiger charge is -2.25. The molecule has 0 aromatic heterocycles. The summed E-state index contributed by atoms with van der Waals surface area (Å²) in [7, 11) is 0. The molecule has 3 N–H and O–H groups in total. The van der Waals surface area contributed by atoms with Gasteiger partial charge >= 0.3 is 0 Å². The van der Waals surface area contributed by atoms with Gasteiger partial charge in [-0.05, 0) is 25.3 Å². The molecule has 96 valence electrons. The predicted molar refractivity (Wildman–Crippen MR) is 68.6 cm³/mol. The van der Waals surface area contributed by atoms with Gasteiger partial charge in [-0.2, -0.15) is 0 Å². The van der Waals surface area contributed by atoms with E-state index in [4.69, 9.17) is 0 Å². The minimum atomic E-state index is -0.182. The molecule has 0 aliphatic carbocycles. The van der Waals surface area contributed by atoms with E-state index in [9.17, 15) is 5.11 Å². The van der Waals surface area contributed by atoms with E-state index in [2.05, 4.69) is 24.5 Å². The van der Waals surface area contributed by atoms with Crippen molar-refractivity contribution in [1.82, 2.24) is 10.6 Å². The standard InChI is InChI=1S/C13H28N2O/c1-3-11(4-2)13(16)10-14-9-12-7-5-6-8-15-12/h11-16H,3-10H2,1-2H3. The first-order chi connectivity index (χ1) is 7.77. The molecule has 0 aromatic rings. The first-order valence-corrected chi connectivity index (χ1v) is 6.90. The maximum absolute atomic E-state index is 9.96. The van der Waals surface area contributed by atoms with Crippen molar-refractivity contribution in [2.75, 3.05) is 19.6 Å². The summed E-state index contributed by atoms with van der Waals surface area (Å²) in [5, 5.41) is 16.9. The maximum atomic E-state index is 9.96. The molecular formula is C13H28N2O. The zero-order valence-corrected chi connectivity index (χ0v) is 10.8. The van der Waals surface area contributed by atoms with E-state index in [0.29, 0.717) is 12.0 Å². The van der Waals surface area contributed by atoms with Crippen molar-refractivity contribution in [2.45, 2.75) is 58.1 Å². The number of nitrogens with one attached hydrogen (secondary N) is 2. The van der Waals surface area contributed by atoms with Gasteiger partial charge in [0.05, 0.1) is 6.10 Å². The van der Waals surface area contributed by atoms with E-state index >= 15 is 0 Å². The highest BCUT2D eigenvalue weighted by Crippen LogP contribution is 2.12. The van der Waals surface area contributed by atoms with Crippen molar-refractivity contribution in [2.24, 2.45) is 5.92 Å². The average molecular weight is 228 g/mol. The molecule has 0 bridgehead atoms. The van der Waals surface area contributed by atoms with Crippen LogP contribution < -0.4 is 10.6 Å². The fourth-order valence-corrected chi connectivity index (χ4v) is 2.50.